The molecule has 0 aliphatic rings. The summed E-state index contributed by atoms with van der Waals surface area (Å²) < 4.78 is 5.58. The van der Waals surface area contributed by atoms with Gasteiger partial charge in [0.15, 0.2) is 0 Å². The van der Waals surface area contributed by atoms with Gasteiger partial charge < -0.3 is 15.4 Å². The van der Waals surface area contributed by atoms with Gasteiger partial charge >= 0.3 is 0 Å². The molecule has 0 bridgehead atoms. The first kappa shape index (κ1) is 15.5. The zero-order valence-corrected chi connectivity index (χ0v) is 11.8. The number of amides is 1. The van der Waals surface area contributed by atoms with Gasteiger partial charge in [-0.05, 0) is 25.1 Å². The number of carbonyl (C=O) groups excluding carboxylic acids is 1. The minimum absolute atomic E-state index is 0.0228. The third kappa shape index (κ3) is 6.82. The lowest BCUT2D eigenvalue weighted by Crippen LogP contribution is -2.35. The second-order valence-electron chi connectivity index (χ2n) is 4.50. The summed E-state index contributed by atoms with van der Waals surface area (Å²) in [7, 11) is 0. The average molecular weight is 264 g/mol. The van der Waals surface area contributed by atoms with E-state index >= 15 is 0 Å². The molecular weight excluding hydrogens is 240 g/mol. The molecule has 0 aliphatic heterocycles. The summed E-state index contributed by atoms with van der Waals surface area (Å²) >= 11 is 0. The predicted molar refractivity (Wildman–Crippen MR) is 77.3 cm³/mol. The molecule has 1 aromatic carbocycles. The summed E-state index contributed by atoms with van der Waals surface area (Å²) in [6.07, 6.45) is 0.724. The van der Waals surface area contributed by atoms with E-state index in [4.69, 9.17) is 4.74 Å². The summed E-state index contributed by atoms with van der Waals surface area (Å²) in [6, 6.07) is 9.66. The first-order chi connectivity index (χ1) is 9.24. The van der Waals surface area contributed by atoms with Crippen molar-refractivity contribution in [3.63, 3.8) is 0 Å². The van der Waals surface area contributed by atoms with E-state index in [9.17, 15) is 4.79 Å². The fourth-order valence-corrected chi connectivity index (χ4v) is 1.63. The highest BCUT2D eigenvalue weighted by Gasteiger charge is 2.11. The number of hydrogen-bond donors (Lipinski definition) is 2. The van der Waals surface area contributed by atoms with E-state index in [1.807, 2.05) is 44.2 Å². The van der Waals surface area contributed by atoms with Crippen LogP contribution in [0.25, 0.3) is 0 Å². The number of carbonyl (C=O) groups is 1. The maximum Gasteiger partial charge on any atom is 0.223 e. The lowest BCUT2D eigenvalue weighted by molar-refractivity contribution is -0.124. The van der Waals surface area contributed by atoms with Gasteiger partial charge in [0.05, 0.1) is 6.61 Å². The Bertz CT molecular complexity index is 354. The minimum atomic E-state index is -0.0228. The van der Waals surface area contributed by atoms with Crippen molar-refractivity contribution >= 4 is 5.91 Å². The van der Waals surface area contributed by atoms with Crippen molar-refractivity contribution in [2.75, 3.05) is 26.2 Å². The lowest BCUT2D eigenvalue weighted by Gasteiger charge is -2.13. The molecule has 1 rings (SSSR count). The predicted octanol–water partition coefficient (Wildman–Crippen LogP) is 1.82. The fourth-order valence-electron chi connectivity index (χ4n) is 1.63. The van der Waals surface area contributed by atoms with Gasteiger partial charge in [0.1, 0.15) is 5.75 Å². The number of ether oxygens (including phenoxy) is 1. The van der Waals surface area contributed by atoms with E-state index in [2.05, 4.69) is 10.6 Å². The average Bonchev–Trinajstić information content (AvgIpc) is 2.44. The standard InChI is InChI=1S/C15H24N2O2/c1-3-16-10-11-17-15(18)13(2)9-12-19-14-7-5-4-6-8-14/h4-8,13,16H,3,9-12H2,1-2H3,(H,17,18). The Labute approximate surface area is 115 Å². The normalized spacial score (nSPS) is 11.9. The van der Waals surface area contributed by atoms with Crippen LogP contribution in [0.3, 0.4) is 0 Å². The molecule has 0 fully saturated rings. The molecule has 19 heavy (non-hydrogen) atoms. The van der Waals surface area contributed by atoms with Crippen molar-refractivity contribution < 1.29 is 9.53 Å². The highest BCUT2D eigenvalue weighted by atomic mass is 16.5. The van der Waals surface area contributed by atoms with Crippen LogP contribution in [-0.4, -0.2) is 32.1 Å². The van der Waals surface area contributed by atoms with Crippen LogP contribution in [0.2, 0.25) is 0 Å². The number of rotatable bonds is 9. The summed E-state index contributed by atoms with van der Waals surface area (Å²) in [5, 5.41) is 6.08. The van der Waals surface area contributed by atoms with Crippen LogP contribution in [0.1, 0.15) is 20.3 Å². The summed E-state index contributed by atoms with van der Waals surface area (Å²) in [4.78, 5) is 11.8. The minimum Gasteiger partial charge on any atom is -0.494 e. The summed E-state index contributed by atoms with van der Waals surface area (Å²) in [5.41, 5.74) is 0. The van der Waals surface area contributed by atoms with Crippen molar-refractivity contribution in [3.05, 3.63) is 30.3 Å². The van der Waals surface area contributed by atoms with E-state index in [-0.39, 0.29) is 11.8 Å². The SMILES string of the molecule is CCNCCNC(=O)C(C)CCOc1ccccc1. The van der Waals surface area contributed by atoms with E-state index in [0.717, 1.165) is 25.3 Å². The van der Waals surface area contributed by atoms with Crippen LogP contribution in [0.15, 0.2) is 30.3 Å². The summed E-state index contributed by atoms with van der Waals surface area (Å²) in [6.45, 7) is 6.95. The van der Waals surface area contributed by atoms with Crippen LogP contribution in [0.5, 0.6) is 5.75 Å². The molecule has 0 saturated carbocycles. The highest BCUT2D eigenvalue weighted by Crippen LogP contribution is 2.10. The number of nitrogens with one attached hydrogen (secondary N) is 2. The molecule has 4 heteroatoms. The van der Waals surface area contributed by atoms with Crippen LogP contribution in [0.4, 0.5) is 0 Å². The first-order valence-corrected chi connectivity index (χ1v) is 6.90. The fraction of sp³-hybridized carbons (Fsp3) is 0.533. The van der Waals surface area contributed by atoms with E-state index in [0.29, 0.717) is 13.2 Å². The zero-order chi connectivity index (χ0) is 13.9. The molecule has 1 unspecified atom stereocenters. The Hall–Kier alpha value is -1.55. The summed E-state index contributed by atoms with van der Waals surface area (Å²) in [5.74, 6) is 0.919. The molecule has 2 N–H and O–H groups in total. The molecule has 0 heterocycles. The van der Waals surface area contributed by atoms with Gasteiger partial charge in [-0.2, -0.15) is 0 Å². The molecule has 0 saturated heterocycles. The second-order valence-corrected chi connectivity index (χ2v) is 4.50. The maximum absolute atomic E-state index is 11.8. The van der Waals surface area contributed by atoms with Gasteiger partial charge in [-0.1, -0.05) is 32.0 Å². The molecular formula is C15H24N2O2. The smallest absolute Gasteiger partial charge is 0.223 e. The molecule has 106 valence electrons. The van der Waals surface area contributed by atoms with Crippen molar-refractivity contribution in [1.82, 2.24) is 10.6 Å². The molecule has 1 amide bonds. The van der Waals surface area contributed by atoms with Crippen LogP contribution < -0.4 is 15.4 Å². The van der Waals surface area contributed by atoms with Crippen LogP contribution in [-0.2, 0) is 4.79 Å². The Balaban J connectivity index is 2.12. The first-order valence-electron chi connectivity index (χ1n) is 6.90. The molecule has 4 nitrogen and oxygen atoms in total. The van der Waals surface area contributed by atoms with Crippen molar-refractivity contribution in [2.24, 2.45) is 5.92 Å². The van der Waals surface area contributed by atoms with Gasteiger partial charge in [-0.3, -0.25) is 4.79 Å². The third-order valence-corrected chi connectivity index (χ3v) is 2.86. The molecule has 1 atom stereocenters. The van der Waals surface area contributed by atoms with Gasteiger partial charge in [0.25, 0.3) is 0 Å². The third-order valence-electron chi connectivity index (χ3n) is 2.86. The Morgan fingerprint density at radius 1 is 1.26 bits per heavy atom. The number of benzene rings is 1. The molecule has 0 aliphatic carbocycles. The molecule has 0 spiro atoms. The van der Waals surface area contributed by atoms with Gasteiger partial charge in [-0.25, -0.2) is 0 Å². The Morgan fingerprint density at radius 2 is 2.00 bits per heavy atom. The van der Waals surface area contributed by atoms with Gasteiger partial charge in [0.2, 0.25) is 5.91 Å². The highest BCUT2D eigenvalue weighted by molar-refractivity contribution is 5.78. The number of para-hydroxylation sites is 1. The molecule has 1 aromatic rings. The van der Waals surface area contributed by atoms with Crippen LogP contribution in [0, 0.1) is 5.92 Å². The number of hydrogen-bond acceptors (Lipinski definition) is 3. The Morgan fingerprint density at radius 3 is 2.68 bits per heavy atom. The largest absolute Gasteiger partial charge is 0.494 e. The lowest BCUT2D eigenvalue weighted by atomic mass is 10.1. The van der Waals surface area contributed by atoms with Gasteiger partial charge in [-0.15, -0.1) is 0 Å². The molecule has 0 radical (unpaired) electrons. The van der Waals surface area contributed by atoms with Gasteiger partial charge in [0, 0.05) is 19.0 Å². The topological polar surface area (TPSA) is 50.4 Å². The monoisotopic (exact) mass is 264 g/mol. The molecule has 0 aromatic heterocycles. The zero-order valence-electron chi connectivity index (χ0n) is 11.8. The maximum atomic E-state index is 11.8. The Kier molecular flexibility index (Phi) is 7.66. The number of likely N-dealkylation sites (N-methyl/N-ethyl adjacent to an activating group) is 1. The van der Waals surface area contributed by atoms with E-state index in [1.54, 1.807) is 0 Å². The van der Waals surface area contributed by atoms with E-state index < -0.39 is 0 Å². The van der Waals surface area contributed by atoms with E-state index in [1.165, 1.54) is 0 Å². The van der Waals surface area contributed by atoms with Crippen molar-refractivity contribution in [3.8, 4) is 5.75 Å². The van der Waals surface area contributed by atoms with Crippen molar-refractivity contribution in [1.29, 1.82) is 0 Å². The van der Waals surface area contributed by atoms with Crippen molar-refractivity contribution in [2.45, 2.75) is 20.3 Å². The van der Waals surface area contributed by atoms with Crippen LogP contribution >= 0.6 is 0 Å². The quantitative estimate of drug-likeness (QED) is 0.669. The second kappa shape index (κ2) is 9.39.